The second kappa shape index (κ2) is 7.86. The third kappa shape index (κ3) is 3.88. The van der Waals surface area contributed by atoms with E-state index in [1.54, 1.807) is 30.3 Å². The van der Waals surface area contributed by atoms with Crippen molar-refractivity contribution in [3.63, 3.8) is 0 Å². The van der Waals surface area contributed by atoms with Crippen LogP contribution >= 0.6 is 23.2 Å². The van der Waals surface area contributed by atoms with Crippen LogP contribution < -0.4 is 10.9 Å². The van der Waals surface area contributed by atoms with Crippen LogP contribution in [0.15, 0.2) is 47.5 Å². The minimum atomic E-state index is -0.372. The number of hydrogen-bond acceptors (Lipinski definition) is 4. The standard InChI is InChI=1S/C18H15Cl2N3O3/c19-14-3-1-11(8-15(14)20)7-13-9-22-16-4-2-12(10-23(16)18(13)26)17(25)21-5-6-24/h1-4,8-10,24H,5-7H2,(H,21,25). The van der Waals surface area contributed by atoms with Crippen LogP contribution in [0.3, 0.4) is 0 Å². The Morgan fingerprint density at radius 2 is 2.00 bits per heavy atom. The van der Waals surface area contributed by atoms with Gasteiger partial charge < -0.3 is 10.4 Å². The van der Waals surface area contributed by atoms with Crippen molar-refractivity contribution in [2.75, 3.05) is 13.2 Å². The molecular formula is C18H15Cl2N3O3. The number of hydrogen-bond donors (Lipinski definition) is 2. The topological polar surface area (TPSA) is 83.7 Å². The van der Waals surface area contributed by atoms with Crippen LogP contribution in [0.2, 0.25) is 10.0 Å². The van der Waals surface area contributed by atoms with Crippen molar-refractivity contribution < 1.29 is 9.90 Å². The highest BCUT2D eigenvalue weighted by atomic mass is 35.5. The first kappa shape index (κ1) is 18.4. The van der Waals surface area contributed by atoms with Crippen LogP contribution in [-0.4, -0.2) is 33.6 Å². The van der Waals surface area contributed by atoms with Crippen LogP contribution in [0.5, 0.6) is 0 Å². The monoisotopic (exact) mass is 391 g/mol. The van der Waals surface area contributed by atoms with E-state index in [1.165, 1.54) is 16.8 Å². The predicted octanol–water partition coefficient (Wildman–Crippen LogP) is 2.31. The first-order valence-corrected chi connectivity index (χ1v) is 8.58. The molecule has 0 unspecified atom stereocenters. The van der Waals surface area contributed by atoms with Gasteiger partial charge in [-0.1, -0.05) is 29.3 Å². The average molecular weight is 392 g/mol. The maximum absolute atomic E-state index is 12.8. The lowest BCUT2D eigenvalue weighted by Gasteiger charge is -2.08. The molecule has 0 aliphatic carbocycles. The predicted molar refractivity (Wildman–Crippen MR) is 100 cm³/mol. The average Bonchev–Trinajstić information content (AvgIpc) is 2.65. The summed E-state index contributed by atoms with van der Waals surface area (Å²) >= 11 is 11.9. The number of benzene rings is 1. The summed E-state index contributed by atoms with van der Waals surface area (Å²) in [5.74, 6) is -0.372. The Morgan fingerprint density at radius 3 is 2.73 bits per heavy atom. The molecule has 0 saturated heterocycles. The summed E-state index contributed by atoms with van der Waals surface area (Å²) in [4.78, 5) is 29.1. The Hall–Kier alpha value is -2.41. The fourth-order valence-corrected chi connectivity index (χ4v) is 2.83. The molecular weight excluding hydrogens is 377 g/mol. The number of nitrogens with zero attached hydrogens (tertiary/aromatic N) is 2. The zero-order valence-corrected chi connectivity index (χ0v) is 15.1. The van der Waals surface area contributed by atoms with Gasteiger partial charge in [-0.25, -0.2) is 4.98 Å². The molecule has 0 radical (unpaired) electrons. The highest BCUT2D eigenvalue weighted by Crippen LogP contribution is 2.23. The van der Waals surface area contributed by atoms with Gasteiger partial charge >= 0.3 is 0 Å². The fourth-order valence-electron chi connectivity index (χ4n) is 2.51. The molecule has 0 saturated carbocycles. The fraction of sp³-hybridized carbons (Fsp3) is 0.167. The van der Waals surface area contributed by atoms with E-state index in [0.29, 0.717) is 33.2 Å². The Balaban J connectivity index is 1.97. The molecule has 0 atom stereocenters. The normalized spacial score (nSPS) is 10.9. The minimum Gasteiger partial charge on any atom is -0.395 e. The van der Waals surface area contributed by atoms with Crippen molar-refractivity contribution in [1.82, 2.24) is 14.7 Å². The van der Waals surface area contributed by atoms with Crippen LogP contribution in [0.4, 0.5) is 0 Å². The van der Waals surface area contributed by atoms with Crippen LogP contribution in [0.1, 0.15) is 21.5 Å². The summed E-state index contributed by atoms with van der Waals surface area (Å²) in [6, 6.07) is 8.35. The van der Waals surface area contributed by atoms with E-state index >= 15 is 0 Å². The van der Waals surface area contributed by atoms with Crippen molar-refractivity contribution in [3.8, 4) is 0 Å². The van der Waals surface area contributed by atoms with Gasteiger partial charge in [-0.15, -0.1) is 0 Å². The highest BCUT2D eigenvalue weighted by molar-refractivity contribution is 6.42. The number of rotatable bonds is 5. The van der Waals surface area contributed by atoms with Gasteiger partial charge in [0.1, 0.15) is 5.65 Å². The number of aromatic nitrogens is 2. The van der Waals surface area contributed by atoms with Crippen molar-refractivity contribution in [2.24, 2.45) is 0 Å². The van der Waals surface area contributed by atoms with E-state index in [4.69, 9.17) is 28.3 Å². The highest BCUT2D eigenvalue weighted by Gasteiger charge is 2.10. The lowest BCUT2D eigenvalue weighted by Crippen LogP contribution is -2.27. The molecule has 26 heavy (non-hydrogen) atoms. The number of aliphatic hydroxyl groups excluding tert-OH is 1. The first-order valence-electron chi connectivity index (χ1n) is 7.83. The van der Waals surface area contributed by atoms with E-state index in [2.05, 4.69) is 10.3 Å². The SMILES string of the molecule is O=C(NCCO)c1ccc2ncc(Cc3ccc(Cl)c(Cl)c3)c(=O)n2c1. The quantitative estimate of drug-likeness (QED) is 0.698. The summed E-state index contributed by atoms with van der Waals surface area (Å²) in [6.45, 7) is -0.0178. The summed E-state index contributed by atoms with van der Waals surface area (Å²) in [7, 11) is 0. The molecule has 0 aliphatic rings. The Bertz CT molecular complexity index is 1030. The second-order valence-corrected chi connectivity index (χ2v) is 6.45. The molecule has 1 aromatic carbocycles. The minimum absolute atomic E-state index is 0.140. The number of amides is 1. The van der Waals surface area contributed by atoms with Gasteiger partial charge in [0, 0.05) is 30.9 Å². The van der Waals surface area contributed by atoms with Crippen molar-refractivity contribution in [2.45, 2.75) is 6.42 Å². The van der Waals surface area contributed by atoms with Crippen LogP contribution in [0, 0.1) is 0 Å². The van der Waals surface area contributed by atoms with Gasteiger partial charge in [0.15, 0.2) is 0 Å². The van der Waals surface area contributed by atoms with Gasteiger partial charge in [0.2, 0.25) is 0 Å². The number of aliphatic hydroxyl groups is 1. The molecule has 0 fully saturated rings. The first-order chi connectivity index (χ1) is 12.5. The number of halogens is 2. The second-order valence-electron chi connectivity index (χ2n) is 5.64. The summed E-state index contributed by atoms with van der Waals surface area (Å²) < 4.78 is 1.33. The number of nitrogens with one attached hydrogen (secondary N) is 1. The van der Waals surface area contributed by atoms with Gasteiger partial charge in [-0.3, -0.25) is 14.0 Å². The number of carbonyl (C=O) groups is 1. The molecule has 134 valence electrons. The summed E-state index contributed by atoms with van der Waals surface area (Å²) in [5.41, 5.74) is 1.77. The maximum Gasteiger partial charge on any atom is 0.261 e. The molecule has 3 aromatic rings. The third-order valence-electron chi connectivity index (χ3n) is 3.81. The number of carbonyl (C=O) groups excluding carboxylic acids is 1. The zero-order valence-electron chi connectivity index (χ0n) is 13.6. The molecule has 0 spiro atoms. The van der Waals surface area contributed by atoms with Crippen LogP contribution in [0.25, 0.3) is 5.65 Å². The summed E-state index contributed by atoms with van der Waals surface area (Å²) in [6.07, 6.45) is 3.30. The van der Waals surface area contributed by atoms with E-state index in [1.807, 2.05) is 0 Å². The van der Waals surface area contributed by atoms with E-state index in [9.17, 15) is 9.59 Å². The zero-order chi connectivity index (χ0) is 18.7. The molecule has 0 aliphatic heterocycles. The largest absolute Gasteiger partial charge is 0.395 e. The molecule has 1 amide bonds. The van der Waals surface area contributed by atoms with Crippen molar-refractivity contribution in [3.05, 3.63) is 79.8 Å². The van der Waals surface area contributed by atoms with Gasteiger partial charge in [-0.05, 0) is 29.8 Å². The van der Waals surface area contributed by atoms with E-state index < -0.39 is 0 Å². The Labute approximate surface area is 159 Å². The molecule has 6 nitrogen and oxygen atoms in total. The van der Waals surface area contributed by atoms with Gasteiger partial charge in [0.05, 0.1) is 22.2 Å². The van der Waals surface area contributed by atoms with Crippen molar-refractivity contribution in [1.29, 1.82) is 0 Å². The molecule has 0 bridgehead atoms. The number of pyridine rings is 1. The maximum atomic E-state index is 12.8. The molecule has 2 N–H and O–H groups in total. The smallest absolute Gasteiger partial charge is 0.261 e. The summed E-state index contributed by atoms with van der Waals surface area (Å²) in [5, 5.41) is 12.2. The lowest BCUT2D eigenvalue weighted by atomic mass is 10.1. The van der Waals surface area contributed by atoms with E-state index in [0.717, 1.165) is 5.56 Å². The van der Waals surface area contributed by atoms with Gasteiger partial charge in [-0.2, -0.15) is 0 Å². The molecule has 3 rings (SSSR count). The Morgan fingerprint density at radius 1 is 1.19 bits per heavy atom. The van der Waals surface area contributed by atoms with Crippen LogP contribution in [-0.2, 0) is 6.42 Å². The Kier molecular flexibility index (Phi) is 5.56. The number of fused-ring (bicyclic) bond motifs is 1. The lowest BCUT2D eigenvalue weighted by molar-refractivity contribution is 0.0944. The third-order valence-corrected chi connectivity index (χ3v) is 4.55. The van der Waals surface area contributed by atoms with E-state index in [-0.39, 0.29) is 24.6 Å². The molecule has 8 heteroatoms. The van der Waals surface area contributed by atoms with Gasteiger partial charge in [0.25, 0.3) is 11.5 Å². The molecule has 2 heterocycles. The van der Waals surface area contributed by atoms with Crippen molar-refractivity contribution >= 4 is 34.8 Å². The molecule has 2 aromatic heterocycles.